The molecule has 0 radical (unpaired) electrons. The number of nitrogens with one attached hydrogen (secondary N) is 2. The minimum Gasteiger partial charge on any atom is -0.497 e. The molecule has 0 spiro atoms. The summed E-state index contributed by atoms with van der Waals surface area (Å²) in [6, 6.07) is 14.1. The van der Waals surface area contributed by atoms with E-state index >= 15 is 0 Å². The Hall–Kier alpha value is -3.94. The highest BCUT2D eigenvalue weighted by Crippen LogP contribution is 2.24. The average Bonchev–Trinajstić information content (AvgIpc) is 3.20. The predicted octanol–water partition coefficient (Wildman–Crippen LogP) is 2.11. The van der Waals surface area contributed by atoms with Gasteiger partial charge in [-0.2, -0.15) is 5.10 Å². The quantitative estimate of drug-likeness (QED) is 0.513. The maximum atomic E-state index is 13.0. The van der Waals surface area contributed by atoms with Gasteiger partial charge in [0.05, 0.1) is 24.6 Å². The van der Waals surface area contributed by atoms with E-state index in [9.17, 15) is 9.59 Å². The summed E-state index contributed by atoms with van der Waals surface area (Å²) in [6.07, 6.45) is 3.53. The highest BCUT2D eigenvalue weighted by molar-refractivity contribution is 5.88. The van der Waals surface area contributed by atoms with E-state index in [1.807, 2.05) is 48.1 Å². The number of benzene rings is 2. The Morgan fingerprint density at radius 3 is 2.73 bits per heavy atom. The third-order valence-corrected chi connectivity index (χ3v) is 4.95. The molecule has 30 heavy (non-hydrogen) atoms. The highest BCUT2D eigenvalue weighted by Gasteiger charge is 2.22. The number of rotatable bonds is 6. The maximum Gasteiger partial charge on any atom is 0.272 e. The molecule has 4 rings (SSSR count). The SMILES string of the molecule is COc1cccc([C@@H](NC(=O)Cc2n[nH]c(=O)c3ccccc23)c2nccn2C)c1. The highest BCUT2D eigenvalue weighted by atomic mass is 16.5. The van der Waals surface area contributed by atoms with Gasteiger partial charge in [-0.05, 0) is 23.8 Å². The summed E-state index contributed by atoms with van der Waals surface area (Å²) in [6.45, 7) is 0. The Morgan fingerprint density at radius 2 is 2.00 bits per heavy atom. The summed E-state index contributed by atoms with van der Waals surface area (Å²) in [7, 11) is 3.47. The van der Waals surface area contributed by atoms with Crippen LogP contribution in [0.4, 0.5) is 0 Å². The normalized spacial score (nSPS) is 11.9. The lowest BCUT2D eigenvalue weighted by Gasteiger charge is -2.20. The largest absolute Gasteiger partial charge is 0.497 e. The molecule has 4 aromatic rings. The summed E-state index contributed by atoms with van der Waals surface area (Å²) in [5.41, 5.74) is 1.07. The zero-order valence-corrected chi connectivity index (χ0v) is 16.6. The molecule has 0 unspecified atom stereocenters. The predicted molar refractivity (Wildman–Crippen MR) is 112 cm³/mol. The topological polar surface area (TPSA) is 102 Å². The molecule has 0 aliphatic rings. The van der Waals surface area contributed by atoms with Crippen LogP contribution in [0.5, 0.6) is 5.75 Å². The van der Waals surface area contributed by atoms with Gasteiger partial charge in [-0.25, -0.2) is 10.1 Å². The molecule has 2 aromatic heterocycles. The van der Waals surface area contributed by atoms with Crippen molar-refractivity contribution in [3.63, 3.8) is 0 Å². The number of methoxy groups -OCH3 is 1. The number of nitrogens with zero attached hydrogens (tertiary/aromatic N) is 3. The van der Waals surface area contributed by atoms with Crippen molar-refractivity contribution >= 4 is 16.7 Å². The fraction of sp³-hybridized carbons (Fsp3) is 0.182. The molecule has 0 aliphatic carbocycles. The molecule has 0 aliphatic heterocycles. The molecule has 0 bridgehead atoms. The molecule has 0 saturated carbocycles. The number of carbonyl (C=O) groups excluding carboxylic acids is 1. The van der Waals surface area contributed by atoms with Gasteiger partial charge in [0.1, 0.15) is 17.6 Å². The molecule has 0 fully saturated rings. The molecule has 1 amide bonds. The summed E-state index contributed by atoms with van der Waals surface area (Å²) in [5, 5.41) is 10.8. The number of ether oxygens (including phenoxy) is 1. The van der Waals surface area contributed by atoms with Crippen molar-refractivity contribution in [1.29, 1.82) is 0 Å². The van der Waals surface area contributed by atoms with Gasteiger partial charge in [-0.15, -0.1) is 0 Å². The van der Waals surface area contributed by atoms with Crippen LogP contribution in [-0.4, -0.2) is 32.8 Å². The van der Waals surface area contributed by atoms with E-state index in [0.717, 1.165) is 5.56 Å². The first-order chi connectivity index (χ1) is 14.6. The Kier molecular flexibility index (Phi) is 5.30. The van der Waals surface area contributed by atoms with Crippen LogP contribution in [0.25, 0.3) is 10.8 Å². The molecule has 8 heteroatoms. The minimum atomic E-state index is -0.471. The summed E-state index contributed by atoms with van der Waals surface area (Å²) >= 11 is 0. The Labute approximate surface area is 172 Å². The second-order valence-electron chi connectivity index (χ2n) is 6.90. The number of imidazole rings is 1. The van der Waals surface area contributed by atoms with E-state index in [1.54, 1.807) is 31.5 Å². The number of aromatic nitrogens is 4. The number of aryl methyl sites for hydroxylation is 1. The Morgan fingerprint density at radius 1 is 1.20 bits per heavy atom. The van der Waals surface area contributed by atoms with Crippen LogP contribution in [0.1, 0.15) is 23.1 Å². The molecular weight excluding hydrogens is 382 g/mol. The Bertz CT molecular complexity index is 1260. The molecule has 8 nitrogen and oxygen atoms in total. The van der Waals surface area contributed by atoms with Gasteiger partial charge in [-0.3, -0.25) is 9.59 Å². The van der Waals surface area contributed by atoms with Crippen molar-refractivity contribution in [2.24, 2.45) is 7.05 Å². The van der Waals surface area contributed by atoms with E-state index in [1.165, 1.54) is 0 Å². The molecular formula is C22H21N5O3. The van der Waals surface area contributed by atoms with Crippen LogP contribution < -0.4 is 15.6 Å². The third-order valence-electron chi connectivity index (χ3n) is 4.95. The van der Waals surface area contributed by atoms with Crippen LogP contribution in [0.15, 0.2) is 65.7 Å². The van der Waals surface area contributed by atoms with Crippen molar-refractivity contribution in [2.75, 3.05) is 7.11 Å². The van der Waals surface area contributed by atoms with Gasteiger partial charge < -0.3 is 14.6 Å². The van der Waals surface area contributed by atoms with Crippen molar-refractivity contribution in [1.82, 2.24) is 25.1 Å². The first-order valence-corrected chi connectivity index (χ1v) is 9.43. The maximum absolute atomic E-state index is 13.0. The lowest BCUT2D eigenvalue weighted by Crippen LogP contribution is -2.32. The standard InChI is InChI=1S/C22H21N5O3/c1-27-11-10-23-21(27)20(14-6-5-7-15(12-14)30-2)24-19(28)13-18-16-8-3-4-9-17(16)22(29)26-25-18/h3-12,20H,13H2,1-2H3,(H,24,28)(H,26,29)/t20-/m1/s1. The second-order valence-corrected chi connectivity index (χ2v) is 6.90. The van der Waals surface area contributed by atoms with Gasteiger partial charge in [0.15, 0.2) is 0 Å². The number of hydrogen-bond acceptors (Lipinski definition) is 5. The lowest BCUT2D eigenvalue weighted by molar-refractivity contribution is -0.121. The van der Waals surface area contributed by atoms with E-state index in [-0.39, 0.29) is 17.9 Å². The minimum absolute atomic E-state index is 0.0161. The number of carbonyl (C=O) groups is 1. The number of aromatic amines is 1. The smallest absolute Gasteiger partial charge is 0.272 e. The first kappa shape index (κ1) is 19.4. The number of amides is 1. The summed E-state index contributed by atoms with van der Waals surface area (Å²) in [5.74, 6) is 1.14. The van der Waals surface area contributed by atoms with Crippen molar-refractivity contribution in [3.8, 4) is 5.75 Å². The molecule has 2 heterocycles. The lowest BCUT2D eigenvalue weighted by atomic mass is 10.0. The monoisotopic (exact) mass is 403 g/mol. The van der Waals surface area contributed by atoms with Crippen LogP contribution in [0.3, 0.4) is 0 Å². The van der Waals surface area contributed by atoms with Gasteiger partial charge in [-0.1, -0.05) is 30.3 Å². The van der Waals surface area contributed by atoms with E-state index in [0.29, 0.717) is 28.0 Å². The van der Waals surface area contributed by atoms with Crippen LogP contribution in [0, 0.1) is 0 Å². The first-order valence-electron chi connectivity index (χ1n) is 9.43. The van der Waals surface area contributed by atoms with Gasteiger partial charge in [0.25, 0.3) is 5.56 Å². The van der Waals surface area contributed by atoms with Crippen molar-refractivity contribution in [3.05, 3.63) is 88.4 Å². The summed E-state index contributed by atoms with van der Waals surface area (Å²) < 4.78 is 7.19. The fourth-order valence-corrected chi connectivity index (χ4v) is 3.44. The summed E-state index contributed by atoms with van der Waals surface area (Å²) in [4.78, 5) is 29.4. The van der Waals surface area contributed by atoms with Crippen LogP contribution in [0.2, 0.25) is 0 Å². The van der Waals surface area contributed by atoms with Gasteiger partial charge in [0.2, 0.25) is 5.91 Å². The van der Waals surface area contributed by atoms with Gasteiger partial charge >= 0.3 is 0 Å². The average molecular weight is 403 g/mol. The van der Waals surface area contributed by atoms with Crippen molar-refractivity contribution < 1.29 is 9.53 Å². The Balaban J connectivity index is 1.65. The zero-order valence-electron chi connectivity index (χ0n) is 16.6. The van der Waals surface area contributed by atoms with E-state index < -0.39 is 6.04 Å². The van der Waals surface area contributed by atoms with Crippen LogP contribution in [-0.2, 0) is 18.3 Å². The second kappa shape index (κ2) is 8.20. The molecule has 1 atom stereocenters. The number of H-pyrrole nitrogens is 1. The van der Waals surface area contributed by atoms with Gasteiger partial charge in [0, 0.05) is 24.8 Å². The van der Waals surface area contributed by atoms with E-state index in [4.69, 9.17) is 4.74 Å². The van der Waals surface area contributed by atoms with E-state index in [2.05, 4.69) is 20.5 Å². The van der Waals surface area contributed by atoms with Crippen LogP contribution >= 0.6 is 0 Å². The molecule has 2 N–H and O–H groups in total. The fourth-order valence-electron chi connectivity index (χ4n) is 3.44. The molecule has 0 saturated heterocycles. The number of hydrogen-bond donors (Lipinski definition) is 2. The molecule has 2 aromatic carbocycles. The zero-order chi connectivity index (χ0) is 21.1. The number of fused-ring (bicyclic) bond motifs is 1. The van der Waals surface area contributed by atoms with Crippen molar-refractivity contribution in [2.45, 2.75) is 12.5 Å². The third kappa shape index (κ3) is 3.80. The molecule has 152 valence electrons.